The number of aromatic nitrogens is 4. The molecular weight excluding hydrogens is 234 g/mol. The summed E-state index contributed by atoms with van der Waals surface area (Å²) in [4.78, 5) is 20.2. The second-order valence-corrected chi connectivity index (χ2v) is 4.38. The summed E-state index contributed by atoms with van der Waals surface area (Å²) in [7, 11) is 3.80. The first-order valence-electron chi connectivity index (χ1n) is 5.69. The minimum atomic E-state index is -0.543. The number of nitrogens with zero attached hydrogens (tertiary/aromatic N) is 5. The van der Waals surface area contributed by atoms with Gasteiger partial charge in [-0.05, 0) is 13.8 Å². The molecular formula is C11H17N5O2. The molecule has 1 unspecified atom stereocenters. The third-order valence-corrected chi connectivity index (χ3v) is 2.34. The zero-order valence-corrected chi connectivity index (χ0v) is 11.0. The van der Waals surface area contributed by atoms with Gasteiger partial charge < -0.3 is 14.8 Å². The Morgan fingerprint density at radius 3 is 2.78 bits per heavy atom. The normalized spacial score (nSPS) is 12.7. The summed E-state index contributed by atoms with van der Waals surface area (Å²) < 4.78 is 1.46. The molecule has 0 aliphatic heterocycles. The van der Waals surface area contributed by atoms with Crippen molar-refractivity contribution in [2.75, 3.05) is 25.6 Å². The molecule has 2 aromatic heterocycles. The topological polar surface area (TPSA) is 76.3 Å². The third kappa shape index (κ3) is 2.35. The highest BCUT2D eigenvalue weighted by Crippen LogP contribution is 2.20. The Labute approximate surface area is 105 Å². The van der Waals surface area contributed by atoms with E-state index >= 15 is 0 Å². The average Bonchev–Trinajstić information content (AvgIpc) is 2.68. The molecule has 2 rings (SSSR count). The maximum atomic E-state index is 9.22. The highest BCUT2D eigenvalue weighted by Gasteiger charge is 2.14. The molecule has 98 valence electrons. The predicted molar refractivity (Wildman–Crippen MR) is 67.5 cm³/mol. The van der Waals surface area contributed by atoms with Gasteiger partial charge in [-0.25, -0.2) is 15.0 Å². The molecule has 18 heavy (non-hydrogen) atoms. The molecule has 1 N–H and O–H groups in total. The molecule has 0 aromatic carbocycles. The fourth-order valence-corrected chi connectivity index (χ4v) is 1.57. The van der Waals surface area contributed by atoms with Crippen LogP contribution in [0, 0.1) is 6.92 Å². The number of anilines is 1. The molecule has 0 spiro atoms. The van der Waals surface area contributed by atoms with Crippen molar-refractivity contribution in [3.05, 3.63) is 12.2 Å². The van der Waals surface area contributed by atoms with E-state index in [2.05, 4.69) is 15.0 Å². The number of imidazole rings is 1. The zero-order valence-electron chi connectivity index (χ0n) is 11.0. The van der Waals surface area contributed by atoms with Crippen molar-refractivity contribution in [1.29, 1.82) is 0 Å². The van der Waals surface area contributed by atoms with Crippen LogP contribution in [0.3, 0.4) is 0 Å². The summed E-state index contributed by atoms with van der Waals surface area (Å²) in [5.41, 5.74) is 1.28. The summed E-state index contributed by atoms with van der Waals surface area (Å²) >= 11 is 0. The Kier molecular flexibility index (Phi) is 3.33. The van der Waals surface area contributed by atoms with E-state index in [0.717, 1.165) is 5.82 Å². The van der Waals surface area contributed by atoms with E-state index in [0.29, 0.717) is 17.0 Å². The lowest BCUT2D eigenvalue weighted by molar-refractivity contribution is 0.0393. The van der Waals surface area contributed by atoms with E-state index in [1.807, 2.05) is 25.9 Å². The summed E-state index contributed by atoms with van der Waals surface area (Å²) in [5, 5.41) is 9.22. The van der Waals surface area contributed by atoms with Crippen LogP contribution in [-0.2, 0) is 0 Å². The molecule has 0 aliphatic carbocycles. The molecule has 2 heterocycles. The van der Waals surface area contributed by atoms with Crippen LogP contribution in [0.4, 0.5) is 5.82 Å². The number of aryl methyl sites for hydroxylation is 1. The number of aliphatic hydroxyl groups excluding tert-OH is 1. The quantitative estimate of drug-likeness (QED) is 0.825. The van der Waals surface area contributed by atoms with Crippen molar-refractivity contribution in [1.82, 2.24) is 19.7 Å². The minimum absolute atomic E-state index is 0.186. The lowest BCUT2D eigenvalue weighted by Gasteiger charge is -2.12. The Morgan fingerprint density at radius 2 is 2.17 bits per heavy atom. The van der Waals surface area contributed by atoms with E-state index in [-0.39, 0.29) is 6.61 Å². The Morgan fingerprint density at radius 1 is 1.44 bits per heavy atom. The van der Waals surface area contributed by atoms with Gasteiger partial charge in [0.2, 0.25) is 5.65 Å². The lowest BCUT2D eigenvalue weighted by Crippen LogP contribution is -2.21. The van der Waals surface area contributed by atoms with E-state index in [9.17, 15) is 5.11 Å². The fourth-order valence-electron chi connectivity index (χ4n) is 1.57. The van der Waals surface area contributed by atoms with Crippen LogP contribution in [-0.4, -0.2) is 51.6 Å². The Bertz CT molecular complexity index is 550. The number of rotatable bonds is 4. The fraction of sp³-hybridized carbons (Fsp3) is 0.545. The average molecular weight is 251 g/mol. The van der Waals surface area contributed by atoms with Crippen LogP contribution in [0.2, 0.25) is 0 Å². The van der Waals surface area contributed by atoms with Crippen molar-refractivity contribution in [3.63, 3.8) is 0 Å². The van der Waals surface area contributed by atoms with E-state index < -0.39 is 6.10 Å². The molecule has 0 saturated carbocycles. The van der Waals surface area contributed by atoms with Crippen LogP contribution in [0.25, 0.3) is 11.2 Å². The smallest absolute Gasteiger partial charge is 0.201 e. The number of hydrogen-bond donors (Lipinski definition) is 1. The monoisotopic (exact) mass is 251 g/mol. The van der Waals surface area contributed by atoms with Crippen molar-refractivity contribution in [2.45, 2.75) is 20.0 Å². The van der Waals surface area contributed by atoms with E-state index in [1.165, 1.54) is 11.1 Å². The van der Waals surface area contributed by atoms with Gasteiger partial charge in [0.05, 0.1) is 6.10 Å². The number of fused-ring (bicyclic) bond motifs is 1. The Balaban J connectivity index is 2.45. The van der Waals surface area contributed by atoms with Gasteiger partial charge in [-0.2, -0.15) is 4.73 Å². The third-order valence-electron chi connectivity index (χ3n) is 2.34. The maximum absolute atomic E-state index is 9.22. The summed E-state index contributed by atoms with van der Waals surface area (Å²) in [6.07, 6.45) is 0.993. The first-order chi connectivity index (χ1) is 8.49. The van der Waals surface area contributed by atoms with Gasteiger partial charge in [0.25, 0.3) is 0 Å². The largest absolute Gasteiger partial charge is 0.408 e. The minimum Gasteiger partial charge on any atom is -0.408 e. The molecule has 0 bridgehead atoms. The molecule has 7 nitrogen and oxygen atoms in total. The van der Waals surface area contributed by atoms with Crippen molar-refractivity contribution < 1.29 is 9.94 Å². The van der Waals surface area contributed by atoms with Crippen LogP contribution in [0.15, 0.2) is 6.33 Å². The second kappa shape index (κ2) is 4.77. The van der Waals surface area contributed by atoms with Gasteiger partial charge in [0.1, 0.15) is 18.8 Å². The SMILES string of the molecule is Cc1nc(N(C)C)c2ncn(OCC(C)O)c2n1. The van der Waals surface area contributed by atoms with E-state index in [1.54, 1.807) is 6.92 Å². The first-order valence-corrected chi connectivity index (χ1v) is 5.69. The summed E-state index contributed by atoms with van der Waals surface area (Å²) in [5.74, 6) is 1.39. The molecule has 0 fully saturated rings. The molecule has 0 aliphatic rings. The van der Waals surface area contributed by atoms with E-state index in [4.69, 9.17) is 4.84 Å². The lowest BCUT2D eigenvalue weighted by atomic mass is 10.4. The highest BCUT2D eigenvalue weighted by molar-refractivity contribution is 5.83. The van der Waals surface area contributed by atoms with Gasteiger partial charge in [-0.3, -0.25) is 0 Å². The first kappa shape index (κ1) is 12.6. The molecule has 7 heteroatoms. The van der Waals surface area contributed by atoms with Crippen molar-refractivity contribution in [3.8, 4) is 0 Å². The molecule has 2 aromatic rings. The van der Waals surface area contributed by atoms with Gasteiger partial charge in [-0.1, -0.05) is 0 Å². The van der Waals surface area contributed by atoms with Gasteiger partial charge in [0.15, 0.2) is 11.3 Å². The van der Waals surface area contributed by atoms with Gasteiger partial charge >= 0.3 is 0 Å². The summed E-state index contributed by atoms with van der Waals surface area (Å²) in [6, 6.07) is 0. The predicted octanol–water partition coefficient (Wildman–Crippen LogP) is 0.0101. The highest BCUT2D eigenvalue weighted by atomic mass is 16.7. The van der Waals surface area contributed by atoms with Crippen molar-refractivity contribution in [2.24, 2.45) is 0 Å². The molecule has 0 saturated heterocycles. The second-order valence-electron chi connectivity index (χ2n) is 4.38. The number of aliphatic hydroxyl groups is 1. The number of hydrogen-bond acceptors (Lipinski definition) is 6. The maximum Gasteiger partial charge on any atom is 0.201 e. The van der Waals surface area contributed by atoms with Gasteiger partial charge in [-0.15, -0.1) is 0 Å². The Hall–Kier alpha value is -1.89. The van der Waals surface area contributed by atoms with Gasteiger partial charge in [0, 0.05) is 14.1 Å². The standard InChI is InChI=1S/C11H17N5O2/c1-7(17)5-18-16-6-12-9-10(15(3)4)13-8(2)14-11(9)16/h6-7,17H,5H2,1-4H3. The van der Waals surface area contributed by atoms with Crippen LogP contribution < -0.4 is 9.74 Å². The molecule has 0 radical (unpaired) electrons. The van der Waals surface area contributed by atoms with Crippen LogP contribution in [0.1, 0.15) is 12.7 Å². The summed E-state index contributed by atoms with van der Waals surface area (Å²) in [6.45, 7) is 3.66. The molecule has 0 amide bonds. The molecule has 1 atom stereocenters. The van der Waals surface area contributed by atoms with Crippen LogP contribution >= 0.6 is 0 Å². The zero-order chi connectivity index (χ0) is 13.3. The van der Waals surface area contributed by atoms with Crippen LogP contribution in [0.5, 0.6) is 0 Å². The van der Waals surface area contributed by atoms with Crippen molar-refractivity contribution >= 4 is 17.0 Å².